The first-order chi connectivity index (χ1) is 9.49. The van der Waals surface area contributed by atoms with Gasteiger partial charge in [-0.1, -0.05) is 27.7 Å². The molecule has 1 rings (SSSR count). The fourth-order valence-electron chi connectivity index (χ4n) is 1.85. The monoisotopic (exact) mass is 280 g/mol. The van der Waals surface area contributed by atoms with Crippen molar-refractivity contribution in [2.45, 2.75) is 33.6 Å². The zero-order chi connectivity index (χ0) is 15.1. The first kappa shape index (κ1) is 16.4. The van der Waals surface area contributed by atoms with Crippen molar-refractivity contribution in [2.75, 3.05) is 31.5 Å². The average Bonchev–Trinajstić information content (AvgIpc) is 2.43. The van der Waals surface area contributed by atoms with Crippen molar-refractivity contribution in [3.63, 3.8) is 0 Å². The predicted octanol–water partition coefficient (Wildman–Crippen LogP) is 2.05. The first-order valence-electron chi connectivity index (χ1n) is 7.06. The van der Waals surface area contributed by atoms with Crippen LogP contribution in [-0.4, -0.2) is 52.1 Å². The van der Waals surface area contributed by atoms with E-state index in [-0.39, 0.29) is 11.6 Å². The lowest BCUT2D eigenvalue weighted by Crippen LogP contribution is -2.29. The van der Waals surface area contributed by atoms with Gasteiger partial charge >= 0.3 is 5.97 Å². The third-order valence-corrected chi connectivity index (χ3v) is 3.16. The zero-order valence-electron chi connectivity index (χ0n) is 12.7. The summed E-state index contributed by atoms with van der Waals surface area (Å²) in [6, 6.07) is 0. The van der Waals surface area contributed by atoms with Gasteiger partial charge in [0.05, 0.1) is 11.9 Å². The Morgan fingerprint density at radius 1 is 1.40 bits per heavy atom. The third kappa shape index (κ3) is 4.45. The number of aromatic carboxylic acids is 1. The summed E-state index contributed by atoms with van der Waals surface area (Å²) in [5.41, 5.74) is 0.525. The van der Waals surface area contributed by atoms with Gasteiger partial charge in [0, 0.05) is 19.0 Å². The predicted molar refractivity (Wildman–Crippen MR) is 79.4 cm³/mol. The Bertz CT molecular complexity index is 445. The van der Waals surface area contributed by atoms with Gasteiger partial charge in [-0.15, -0.1) is 0 Å². The molecule has 0 aliphatic carbocycles. The highest BCUT2D eigenvalue weighted by atomic mass is 16.4. The van der Waals surface area contributed by atoms with Crippen LogP contribution in [0, 0.1) is 0 Å². The number of nitrogens with zero attached hydrogens (tertiary/aromatic N) is 3. The fraction of sp³-hybridized carbons (Fsp3) is 0.643. The molecule has 0 unspecified atom stereocenters. The van der Waals surface area contributed by atoms with Crippen LogP contribution in [0.3, 0.4) is 0 Å². The molecule has 6 nitrogen and oxygen atoms in total. The van der Waals surface area contributed by atoms with Crippen LogP contribution in [0.25, 0.3) is 0 Å². The van der Waals surface area contributed by atoms with Crippen LogP contribution in [0.2, 0.25) is 0 Å². The summed E-state index contributed by atoms with van der Waals surface area (Å²) in [4.78, 5) is 21.9. The van der Waals surface area contributed by atoms with E-state index in [4.69, 9.17) is 0 Å². The van der Waals surface area contributed by atoms with Gasteiger partial charge in [-0.05, 0) is 13.1 Å². The summed E-state index contributed by atoms with van der Waals surface area (Å²) in [5, 5.41) is 12.3. The molecule has 0 spiro atoms. The highest BCUT2D eigenvalue weighted by Crippen LogP contribution is 2.16. The van der Waals surface area contributed by atoms with E-state index < -0.39 is 5.97 Å². The molecule has 1 heterocycles. The number of nitrogens with one attached hydrogen (secondary N) is 1. The molecule has 0 aliphatic heterocycles. The van der Waals surface area contributed by atoms with Crippen molar-refractivity contribution < 1.29 is 9.90 Å². The van der Waals surface area contributed by atoms with Gasteiger partial charge < -0.3 is 15.3 Å². The van der Waals surface area contributed by atoms with Crippen LogP contribution in [0.4, 0.5) is 5.69 Å². The highest BCUT2D eigenvalue weighted by Gasteiger charge is 2.15. The molecule has 0 aromatic carbocycles. The average molecular weight is 280 g/mol. The molecule has 0 atom stereocenters. The molecule has 2 N–H and O–H groups in total. The molecule has 0 bridgehead atoms. The first-order valence-corrected chi connectivity index (χ1v) is 7.06. The minimum atomic E-state index is -1.03. The number of carboxylic acid groups (broad SMARTS) is 1. The highest BCUT2D eigenvalue weighted by molar-refractivity contribution is 5.91. The minimum Gasteiger partial charge on any atom is -0.476 e. The number of rotatable bonds is 8. The largest absolute Gasteiger partial charge is 0.476 e. The maximum Gasteiger partial charge on any atom is 0.356 e. The number of likely N-dealkylation sites (N-methyl/N-ethyl adjacent to an activating group) is 1. The molecule has 0 saturated heterocycles. The quantitative estimate of drug-likeness (QED) is 0.759. The van der Waals surface area contributed by atoms with E-state index >= 15 is 0 Å². The summed E-state index contributed by atoms with van der Waals surface area (Å²) in [5.74, 6) is -0.367. The zero-order valence-corrected chi connectivity index (χ0v) is 12.7. The second-order valence-electron chi connectivity index (χ2n) is 4.90. The number of carboxylic acids is 1. The molecule has 0 fully saturated rings. The van der Waals surface area contributed by atoms with Crippen molar-refractivity contribution in [2.24, 2.45) is 0 Å². The van der Waals surface area contributed by atoms with Gasteiger partial charge in [-0.3, -0.25) is 0 Å². The topological polar surface area (TPSA) is 78.3 Å². The van der Waals surface area contributed by atoms with E-state index in [1.165, 1.54) is 0 Å². The van der Waals surface area contributed by atoms with E-state index in [1.807, 2.05) is 13.8 Å². The standard InChI is InChI=1S/C14H24N4O2/c1-5-18(6-2)8-7-15-11-9-16-13(10(3)4)17-12(11)14(19)20/h9-10,15H,5-8H2,1-4H3,(H,19,20). The van der Waals surface area contributed by atoms with Crippen molar-refractivity contribution in [3.05, 3.63) is 17.7 Å². The fourth-order valence-corrected chi connectivity index (χ4v) is 1.85. The van der Waals surface area contributed by atoms with E-state index in [9.17, 15) is 9.90 Å². The van der Waals surface area contributed by atoms with Crippen LogP contribution >= 0.6 is 0 Å². The Balaban J connectivity index is 2.76. The molecule has 0 amide bonds. The van der Waals surface area contributed by atoms with Crippen LogP contribution in [-0.2, 0) is 0 Å². The number of aromatic nitrogens is 2. The van der Waals surface area contributed by atoms with E-state index in [0.717, 1.165) is 19.6 Å². The van der Waals surface area contributed by atoms with Gasteiger partial charge in [0.15, 0.2) is 5.69 Å². The summed E-state index contributed by atoms with van der Waals surface area (Å²) in [6.45, 7) is 11.6. The lowest BCUT2D eigenvalue weighted by Gasteiger charge is -2.18. The van der Waals surface area contributed by atoms with Gasteiger partial charge in [0.2, 0.25) is 0 Å². The molecule has 0 radical (unpaired) electrons. The Morgan fingerprint density at radius 2 is 2.05 bits per heavy atom. The molecule has 0 saturated carbocycles. The molecule has 1 aromatic heterocycles. The van der Waals surface area contributed by atoms with Gasteiger partial charge in [0.1, 0.15) is 5.82 Å². The normalized spacial score (nSPS) is 11.1. The Labute approximate surface area is 120 Å². The molecule has 112 valence electrons. The van der Waals surface area contributed by atoms with Crippen molar-refractivity contribution in [3.8, 4) is 0 Å². The van der Waals surface area contributed by atoms with Crippen molar-refractivity contribution in [1.29, 1.82) is 0 Å². The van der Waals surface area contributed by atoms with Gasteiger partial charge in [-0.2, -0.15) is 0 Å². The molecular weight excluding hydrogens is 256 g/mol. The Kier molecular flexibility index (Phi) is 6.38. The molecule has 0 aliphatic rings. The maximum absolute atomic E-state index is 11.3. The molecule has 6 heteroatoms. The van der Waals surface area contributed by atoms with Gasteiger partial charge in [0.25, 0.3) is 0 Å². The Morgan fingerprint density at radius 3 is 2.55 bits per heavy atom. The van der Waals surface area contributed by atoms with Crippen LogP contribution in [0.1, 0.15) is 49.9 Å². The van der Waals surface area contributed by atoms with Crippen LogP contribution < -0.4 is 5.32 Å². The SMILES string of the molecule is CCN(CC)CCNc1cnc(C(C)C)nc1C(=O)O. The summed E-state index contributed by atoms with van der Waals surface area (Å²) < 4.78 is 0. The van der Waals surface area contributed by atoms with Crippen LogP contribution in [0.15, 0.2) is 6.20 Å². The second kappa shape index (κ2) is 7.79. The van der Waals surface area contributed by atoms with Crippen LogP contribution in [0.5, 0.6) is 0 Å². The number of hydrogen-bond acceptors (Lipinski definition) is 5. The molecular formula is C14H24N4O2. The Hall–Kier alpha value is -1.69. The lowest BCUT2D eigenvalue weighted by atomic mass is 10.2. The summed E-state index contributed by atoms with van der Waals surface area (Å²) >= 11 is 0. The van der Waals surface area contributed by atoms with Gasteiger partial charge in [-0.25, -0.2) is 14.8 Å². The number of hydrogen-bond donors (Lipinski definition) is 2. The smallest absolute Gasteiger partial charge is 0.356 e. The second-order valence-corrected chi connectivity index (χ2v) is 4.90. The molecule has 1 aromatic rings. The van der Waals surface area contributed by atoms with E-state index in [0.29, 0.717) is 18.1 Å². The van der Waals surface area contributed by atoms with E-state index in [1.54, 1.807) is 6.20 Å². The maximum atomic E-state index is 11.3. The van der Waals surface area contributed by atoms with Crippen molar-refractivity contribution >= 4 is 11.7 Å². The van der Waals surface area contributed by atoms with E-state index in [2.05, 4.69) is 34.0 Å². The third-order valence-electron chi connectivity index (χ3n) is 3.16. The lowest BCUT2D eigenvalue weighted by molar-refractivity contribution is 0.0691. The van der Waals surface area contributed by atoms with Crippen molar-refractivity contribution in [1.82, 2.24) is 14.9 Å². The summed E-state index contributed by atoms with van der Waals surface area (Å²) in [6.07, 6.45) is 1.56. The number of carbonyl (C=O) groups is 1. The number of anilines is 1. The minimum absolute atomic E-state index is 0.0447. The summed E-state index contributed by atoms with van der Waals surface area (Å²) in [7, 11) is 0. The molecule has 20 heavy (non-hydrogen) atoms.